The van der Waals surface area contributed by atoms with Crippen LogP contribution in [0.1, 0.15) is 23.7 Å². The van der Waals surface area contributed by atoms with Crippen molar-refractivity contribution in [3.05, 3.63) is 23.9 Å². The molecule has 0 bridgehead atoms. The number of hydrogen-bond donors (Lipinski definition) is 1. The van der Waals surface area contributed by atoms with E-state index in [1.807, 2.05) is 6.92 Å². The van der Waals surface area contributed by atoms with Crippen LogP contribution < -0.4 is 5.32 Å². The summed E-state index contributed by atoms with van der Waals surface area (Å²) in [6.07, 6.45) is 7.38. The Morgan fingerprint density at radius 1 is 1.75 bits per heavy atom. The summed E-state index contributed by atoms with van der Waals surface area (Å²) in [5.74, 6) is 2.63. The van der Waals surface area contributed by atoms with Crippen LogP contribution in [0, 0.1) is 12.3 Å². The second-order valence-electron chi connectivity index (χ2n) is 3.34. The monoisotopic (exact) mass is 218 g/mol. The molecule has 1 rings (SSSR count). The van der Waals surface area contributed by atoms with Crippen LogP contribution in [0.15, 0.2) is 18.3 Å². The molecule has 1 unspecified atom stereocenters. The summed E-state index contributed by atoms with van der Waals surface area (Å²) in [6, 6.07) is 3.40. The van der Waals surface area contributed by atoms with E-state index in [0.29, 0.717) is 17.8 Å². The van der Waals surface area contributed by atoms with Crippen molar-refractivity contribution in [2.24, 2.45) is 0 Å². The summed E-state index contributed by atoms with van der Waals surface area (Å²) in [7, 11) is 1.34. The summed E-state index contributed by atoms with van der Waals surface area (Å²) in [5.41, 5.74) is 0.411. The number of rotatable bonds is 4. The lowest BCUT2D eigenvalue weighted by molar-refractivity contribution is 0.0601. The molecular formula is C12H14N2O2. The second-order valence-corrected chi connectivity index (χ2v) is 3.34. The smallest absolute Gasteiger partial charge is 0.341 e. The van der Waals surface area contributed by atoms with Gasteiger partial charge >= 0.3 is 5.97 Å². The normalized spacial score (nSPS) is 11.3. The molecule has 0 radical (unpaired) electrons. The summed E-state index contributed by atoms with van der Waals surface area (Å²) < 4.78 is 4.66. The third-order valence-corrected chi connectivity index (χ3v) is 2.02. The molecular weight excluding hydrogens is 204 g/mol. The van der Waals surface area contributed by atoms with Gasteiger partial charge in [-0.2, -0.15) is 0 Å². The Bertz CT molecular complexity index is 410. The van der Waals surface area contributed by atoms with Gasteiger partial charge in [0.2, 0.25) is 0 Å². The minimum atomic E-state index is -0.413. The lowest BCUT2D eigenvalue weighted by Gasteiger charge is -2.13. The highest BCUT2D eigenvalue weighted by molar-refractivity contribution is 5.94. The molecule has 0 aliphatic heterocycles. The number of hydrogen-bond acceptors (Lipinski definition) is 4. The number of esters is 1. The topological polar surface area (TPSA) is 51.2 Å². The van der Waals surface area contributed by atoms with Crippen LogP contribution in [-0.2, 0) is 4.74 Å². The number of nitrogens with zero attached hydrogens (tertiary/aromatic N) is 1. The van der Waals surface area contributed by atoms with Gasteiger partial charge in [0.25, 0.3) is 0 Å². The maximum absolute atomic E-state index is 11.4. The van der Waals surface area contributed by atoms with Gasteiger partial charge in [-0.1, -0.05) is 0 Å². The molecule has 84 valence electrons. The van der Waals surface area contributed by atoms with Crippen molar-refractivity contribution in [2.75, 3.05) is 12.4 Å². The number of aromatic nitrogens is 1. The highest BCUT2D eigenvalue weighted by atomic mass is 16.5. The fourth-order valence-electron chi connectivity index (χ4n) is 1.26. The number of ether oxygens (including phenoxy) is 1. The molecule has 1 aromatic rings. The van der Waals surface area contributed by atoms with E-state index in [-0.39, 0.29) is 6.04 Å². The van der Waals surface area contributed by atoms with Crippen molar-refractivity contribution in [3.63, 3.8) is 0 Å². The number of anilines is 1. The Balaban J connectivity index is 2.87. The highest BCUT2D eigenvalue weighted by Crippen LogP contribution is 2.14. The molecule has 1 N–H and O–H groups in total. The lowest BCUT2D eigenvalue weighted by Crippen LogP contribution is -2.18. The lowest BCUT2D eigenvalue weighted by atomic mass is 10.2. The molecule has 1 atom stereocenters. The molecule has 0 aliphatic carbocycles. The fraction of sp³-hybridized carbons (Fsp3) is 0.333. The summed E-state index contributed by atoms with van der Waals surface area (Å²) in [5, 5.41) is 3.07. The zero-order valence-electron chi connectivity index (χ0n) is 9.36. The van der Waals surface area contributed by atoms with E-state index in [9.17, 15) is 4.79 Å². The molecule has 0 aliphatic rings. The SMILES string of the molecule is C#CCC(C)Nc1ncccc1C(=O)OC. The van der Waals surface area contributed by atoms with Crippen LogP contribution in [0.25, 0.3) is 0 Å². The standard InChI is InChI=1S/C12H14N2O2/c1-4-6-9(2)14-11-10(12(15)16-3)7-5-8-13-11/h1,5,7-9H,6H2,2-3H3,(H,13,14). The van der Waals surface area contributed by atoms with Gasteiger partial charge in [0.1, 0.15) is 11.4 Å². The molecule has 0 saturated heterocycles. The zero-order chi connectivity index (χ0) is 12.0. The van der Waals surface area contributed by atoms with E-state index >= 15 is 0 Å². The Labute approximate surface area is 95.0 Å². The van der Waals surface area contributed by atoms with Gasteiger partial charge in [0.05, 0.1) is 7.11 Å². The van der Waals surface area contributed by atoms with Gasteiger partial charge in [-0.05, 0) is 19.1 Å². The van der Waals surface area contributed by atoms with Gasteiger partial charge in [-0.3, -0.25) is 0 Å². The Kier molecular flexibility index (Phi) is 4.34. The van der Waals surface area contributed by atoms with Crippen molar-refractivity contribution in [1.82, 2.24) is 4.98 Å². The van der Waals surface area contributed by atoms with Gasteiger partial charge in [-0.15, -0.1) is 12.3 Å². The average molecular weight is 218 g/mol. The predicted molar refractivity (Wildman–Crippen MR) is 62.1 cm³/mol. The minimum Gasteiger partial charge on any atom is -0.465 e. The largest absolute Gasteiger partial charge is 0.465 e. The van der Waals surface area contributed by atoms with Gasteiger partial charge in [0, 0.05) is 18.7 Å². The molecule has 1 heterocycles. The summed E-state index contributed by atoms with van der Waals surface area (Å²) in [6.45, 7) is 1.93. The van der Waals surface area contributed by atoms with Crippen LogP contribution in [-0.4, -0.2) is 24.1 Å². The third-order valence-electron chi connectivity index (χ3n) is 2.02. The van der Waals surface area contributed by atoms with Gasteiger partial charge in [-0.25, -0.2) is 9.78 Å². The van der Waals surface area contributed by atoms with E-state index in [4.69, 9.17) is 6.42 Å². The van der Waals surface area contributed by atoms with Crippen molar-refractivity contribution in [3.8, 4) is 12.3 Å². The van der Waals surface area contributed by atoms with Crippen LogP contribution in [0.4, 0.5) is 5.82 Å². The third kappa shape index (κ3) is 2.99. The molecule has 1 aromatic heterocycles. The first-order chi connectivity index (χ1) is 7.69. The van der Waals surface area contributed by atoms with Gasteiger partial charge in [0.15, 0.2) is 0 Å². The predicted octanol–water partition coefficient (Wildman–Crippen LogP) is 1.69. The van der Waals surface area contributed by atoms with Crippen LogP contribution in [0.5, 0.6) is 0 Å². The molecule has 4 nitrogen and oxygen atoms in total. The fourth-order valence-corrected chi connectivity index (χ4v) is 1.26. The van der Waals surface area contributed by atoms with Crippen molar-refractivity contribution >= 4 is 11.8 Å². The molecule has 0 fully saturated rings. The van der Waals surface area contributed by atoms with Crippen LogP contribution >= 0.6 is 0 Å². The molecule has 4 heteroatoms. The number of carbonyl (C=O) groups is 1. The Morgan fingerprint density at radius 3 is 3.12 bits per heavy atom. The number of nitrogens with one attached hydrogen (secondary N) is 1. The second kappa shape index (κ2) is 5.76. The highest BCUT2D eigenvalue weighted by Gasteiger charge is 2.13. The van der Waals surface area contributed by atoms with E-state index in [2.05, 4.69) is 21.0 Å². The number of terminal acetylenes is 1. The van der Waals surface area contributed by atoms with E-state index in [0.717, 1.165) is 0 Å². The van der Waals surface area contributed by atoms with Crippen molar-refractivity contribution < 1.29 is 9.53 Å². The first kappa shape index (κ1) is 12.1. The van der Waals surface area contributed by atoms with E-state index in [1.54, 1.807) is 18.3 Å². The summed E-state index contributed by atoms with van der Waals surface area (Å²) in [4.78, 5) is 15.5. The van der Waals surface area contributed by atoms with Gasteiger partial charge < -0.3 is 10.1 Å². The van der Waals surface area contributed by atoms with Crippen molar-refractivity contribution in [2.45, 2.75) is 19.4 Å². The molecule has 16 heavy (non-hydrogen) atoms. The van der Waals surface area contributed by atoms with Crippen molar-refractivity contribution in [1.29, 1.82) is 0 Å². The first-order valence-corrected chi connectivity index (χ1v) is 4.92. The molecule has 0 amide bonds. The quantitative estimate of drug-likeness (QED) is 0.617. The van der Waals surface area contributed by atoms with Crippen LogP contribution in [0.2, 0.25) is 0 Å². The van der Waals surface area contributed by atoms with E-state index in [1.165, 1.54) is 7.11 Å². The average Bonchev–Trinajstić information content (AvgIpc) is 2.29. The maximum Gasteiger partial charge on any atom is 0.341 e. The Hall–Kier alpha value is -2.02. The molecule has 0 saturated carbocycles. The minimum absolute atomic E-state index is 0.0586. The van der Waals surface area contributed by atoms with E-state index < -0.39 is 5.97 Å². The first-order valence-electron chi connectivity index (χ1n) is 4.92. The number of pyridine rings is 1. The molecule has 0 aromatic carbocycles. The molecule has 0 spiro atoms. The maximum atomic E-state index is 11.4. The zero-order valence-corrected chi connectivity index (χ0v) is 9.36. The number of methoxy groups -OCH3 is 1. The number of carbonyl (C=O) groups excluding carboxylic acids is 1. The van der Waals surface area contributed by atoms with Crippen LogP contribution in [0.3, 0.4) is 0 Å². The Morgan fingerprint density at radius 2 is 2.50 bits per heavy atom. The summed E-state index contributed by atoms with van der Waals surface area (Å²) >= 11 is 0.